The van der Waals surface area contributed by atoms with Gasteiger partial charge in [-0.1, -0.05) is 50.2 Å². The van der Waals surface area contributed by atoms with Gasteiger partial charge in [0.15, 0.2) is 11.5 Å². The molecule has 256 valence electrons. The van der Waals surface area contributed by atoms with E-state index in [0.717, 1.165) is 11.1 Å². The van der Waals surface area contributed by atoms with Crippen molar-refractivity contribution in [1.29, 1.82) is 0 Å². The quantitative estimate of drug-likeness (QED) is 0.206. The molecule has 11 nitrogen and oxygen atoms in total. The number of rotatable bonds is 17. The lowest BCUT2D eigenvalue weighted by Gasteiger charge is -2.30. The van der Waals surface area contributed by atoms with E-state index in [-0.39, 0.29) is 30.6 Å². The summed E-state index contributed by atoms with van der Waals surface area (Å²) < 4.78 is 16.3. The van der Waals surface area contributed by atoms with Crippen LogP contribution in [0.1, 0.15) is 52.2 Å². The minimum atomic E-state index is -1.13. The summed E-state index contributed by atoms with van der Waals surface area (Å²) in [6.45, 7) is 10.1. The summed E-state index contributed by atoms with van der Waals surface area (Å²) in [5, 5.41) is 20.3. The molecule has 0 aliphatic carbocycles. The molecular weight excluding hydrogens is 588 g/mol. The molecule has 46 heavy (non-hydrogen) atoms. The fraction of sp³-hybridized carbons (Fsp3) is 0.571. The van der Waals surface area contributed by atoms with Crippen molar-refractivity contribution in [3.63, 3.8) is 0 Å². The Hall–Kier alpha value is -3.83. The first-order valence-corrected chi connectivity index (χ1v) is 15.8. The molecule has 0 saturated carbocycles. The maximum absolute atomic E-state index is 14.0. The monoisotopic (exact) mass is 642 g/mol. The Kier molecular flexibility index (Phi) is 15.3. The van der Waals surface area contributed by atoms with Crippen LogP contribution in [0.15, 0.2) is 48.5 Å². The first-order valence-electron chi connectivity index (χ1n) is 15.8. The van der Waals surface area contributed by atoms with Gasteiger partial charge in [-0.05, 0) is 83.3 Å². The van der Waals surface area contributed by atoms with Crippen molar-refractivity contribution in [3.05, 3.63) is 59.7 Å². The van der Waals surface area contributed by atoms with Gasteiger partial charge in [0.05, 0.1) is 26.4 Å². The van der Waals surface area contributed by atoms with E-state index in [9.17, 15) is 19.5 Å². The number of carbonyl (C=O) groups excluding carboxylic acids is 3. The molecule has 0 aliphatic rings. The second-order valence-electron chi connectivity index (χ2n) is 13.2. The molecule has 0 aromatic heterocycles. The van der Waals surface area contributed by atoms with E-state index in [4.69, 9.17) is 14.2 Å². The summed E-state index contributed by atoms with van der Waals surface area (Å²) in [6.07, 6.45) is -1.24. The highest BCUT2D eigenvalue weighted by Crippen LogP contribution is 2.29. The largest absolute Gasteiger partial charge is 0.493 e. The van der Waals surface area contributed by atoms with Gasteiger partial charge in [0.1, 0.15) is 11.6 Å². The number of hydrogen-bond donors (Lipinski definition) is 4. The molecule has 0 heterocycles. The molecule has 0 aliphatic heterocycles. The molecule has 2 rings (SSSR count). The Morgan fingerprint density at radius 2 is 1.52 bits per heavy atom. The second kappa shape index (κ2) is 18.3. The third-order valence-electron chi connectivity index (χ3n) is 7.40. The summed E-state index contributed by atoms with van der Waals surface area (Å²) in [6, 6.07) is 13.3. The van der Waals surface area contributed by atoms with Crippen molar-refractivity contribution in [2.45, 2.75) is 77.7 Å². The predicted octanol–water partition coefficient (Wildman–Crippen LogP) is 3.57. The van der Waals surface area contributed by atoms with Crippen LogP contribution < -0.4 is 25.4 Å². The lowest BCUT2D eigenvalue weighted by molar-refractivity contribution is -0.132. The van der Waals surface area contributed by atoms with Crippen LogP contribution >= 0.6 is 0 Å². The summed E-state index contributed by atoms with van der Waals surface area (Å²) in [5.74, 6) is -0.549. The van der Waals surface area contributed by atoms with Gasteiger partial charge in [-0.2, -0.15) is 0 Å². The molecule has 2 aromatic carbocycles. The van der Waals surface area contributed by atoms with Gasteiger partial charge >= 0.3 is 6.09 Å². The van der Waals surface area contributed by atoms with Crippen LogP contribution in [0.3, 0.4) is 0 Å². The lowest BCUT2D eigenvalue weighted by Crippen LogP contribution is -2.53. The summed E-state index contributed by atoms with van der Waals surface area (Å²) in [5.41, 5.74) is 0.945. The van der Waals surface area contributed by atoms with Crippen LogP contribution in [0.4, 0.5) is 4.79 Å². The Morgan fingerprint density at radius 1 is 0.870 bits per heavy atom. The number of benzene rings is 2. The number of ether oxygens (including phenoxy) is 3. The Balaban J connectivity index is 2.39. The number of carbonyl (C=O) groups is 3. The van der Waals surface area contributed by atoms with Crippen molar-refractivity contribution in [2.75, 3.05) is 41.4 Å². The number of methoxy groups -OCH3 is 2. The molecular formula is C35H54N4O7. The van der Waals surface area contributed by atoms with Gasteiger partial charge in [0.25, 0.3) is 0 Å². The second-order valence-corrected chi connectivity index (χ2v) is 13.2. The van der Waals surface area contributed by atoms with Crippen molar-refractivity contribution >= 4 is 17.9 Å². The maximum Gasteiger partial charge on any atom is 0.407 e. The van der Waals surface area contributed by atoms with E-state index in [1.165, 1.54) is 7.11 Å². The molecule has 3 amide bonds. The average molecular weight is 643 g/mol. The standard InChI is InChI=1S/C35H54N4O7/c1-23(2)31(33(42)36-17-18-39(6)7)38-32(41)26(19-25-15-16-29(44-8)30(21-25)45-9)22-28(40)27(20-24-13-11-10-12-14-24)37-34(43)46-35(3,4)5/h10-16,21,23,26-28,31,40H,17-20,22H2,1-9H3,(H,36,42)(H,37,43)(H,38,41). The third-order valence-corrected chi connectivity index (χ3v) is 7.40. The zero-order valence-corrected chi connectivity index (χ0v) is 28.9. The number of aliphatic hydroxyl groups is 1. The zero-order chi connectivity index (χ0) is 34.4. The zero-order valence-electron chi connectivity index (χ0n) is 28.9. The number of aliphatic hydroxyl groups excluding tert-OH is 1. The first-order chi connectivity index (χ1) is 21.6. The minimum Gasteiger partial charge on any atom is -0.493 e. The molecule has 4 N–H and O–H groups in total. The van der Waals surface area contributed by atoms with E-state index in [1.54, 1.807) is 40.0 Å². The van der Waals surface area contributed by atoms with Crippen molar-refractivity contribution in [3.8, 4) is 11.5 Å². The third kappa shape index (κ3) is 13.3. The normalized spacial score (nSPS) is 14.2. The molecule has 0 radical (unpaired) electrons. The molecule has 2 aromatic rings. The predicted molar refractivity (Wildman–Crippen MR) is 179 cm³/mol. The van der Waals surface area contributed by atoms with E-state index >= 15 is 0 Å². The summed E-state index contributed by atoms with van der Waals surface area (Å²) >= 11 is 0. The summed E-state index contributed by atoms with van der Waals surface area (Å²) in [4.78, 5) is 41.9. The smallest absolute Gasteiger partial charge is 0.407 e. The van der Waals surface area contributed by atoms with E-state index < -0.39 is 35.8 Å². The topological polar surface area (TPSA) is 138 Å². The SMILES string of the molecule is COc1ccc(CC(CC(O)C(Cc2ccccc2)NC(=O)OC(C)(C)C)C(=O)NC(C(=O)NCCN(C)C)C(C)C)cc1OC. The van der Waals surface area contributed by atoms with E-state index in [1.807, 2.05) is 69.2 Å². The maximum atomic E-state index is 14.0. The first kappa shape index (κ1) is 38.4. The molecule has 0 saturated heterocycles. The van der Waals surface area contributed by atoms with Gasteiger partial charge in [0, 0.05) is 19.0 Å². The fourth-order valence-corrected chi connectivity index (χ4v) is 4.96. The minimum absolute atomic E-state index is 0.000536. The van der Waals surface area contributed by atoms with Crippen LogP contribution in [0.2, 0.25) is 0 Å². The van der Waals surface area contributed by atoms with Crippen LogP contribution in [0, 0.1) is 11.8 Å². The Labute approximate surface area is 274 Å². The number of alkyl carbamates (subject to hydrolysis) is 1. The highest BCUT2D eigenvalue weighted by Gasteiger charge is 2.33. The van der Waals surface area contributed by atoms with Gasteiger partial charge in [-0.3, -0.25) is 9.59 Å². The van der Waals surface area contributed by atoms with Gasteiger partial charge in [0.2, 0.25) is 11.8 Å². The molecule has 4 unspecified atom stereocenters. The van der Waals surface area contributed by atoms with E-state index in [0.29, 0.717) is 31.0 Å². The lowest BCUT2D eigenvalue weighted by atomic mass is 9.88. The Bertz CT molecular complexity index is 1250. The van der Waals surface area contributed by atoms with Gasteiger partial charge < -0.3 is 40.2 Å². The number of amides is 3. The average Bonchev–Trinajstić information content (AvgIpc) is 2.98. The fourth-order valence-electron chi connectivity index (χ4n) is 4.96. The Morgan fingerprint density at radius 3 is 2.09 bits per heavy atom. The molecule has 4 atom stereocenters. The number of likely N-dealkylation sites (N-methyl/N-ethyl adjacent to an activating group) is 1. The van der Waals surface area contributed by atoms with Gasteiger partial charge in [-0.15, -0.1) is 0 Å². The number of nitrogens with zero attached hydrogens (tertiary/aromatic N) is 1. The molecule has 0 bridgehead atoms. The highest BCUT2D eigenvalue weighted by molar-refractivity contribution is 5.88. The van der Waals surface area contributed by atoms with E-state index in [2.05, 4.69) is 16.0 Å². The molecule has 11 heteroatoms. The highest BCUT2D eigenvalue weighted by atomic mass is 16.6. The molecule has 0 fully saturated rings. The summed E-state index contributed by atoms with van der Waals surface area (Å²) in [7, 11) is 6.92. The van der Waals surface area contributed by atoms with Crippen LogP contribution in [-0.2, 0) is 27.2 Å². The van der Waals surface area contributed by atoms with Crippen LogP contribution in [0.25, 0.3) is 0 Å². The number of hydrogen-bond acceptors (Lipinski definition) is 8. The van der Waals surface area contributed by atoms with Crippen LogP contribution in [0.5, 0.6) is 11.5 Å². The van der Waals surface area contributed by atoms with Crippen molar-refractivity contribution in [2.24, 2.45) is 11.8 Å². The van der Waals surface area contributed by atoms with Crippen molar-refractivity contribution < 1.29 is 33.7 Å². The number of nitrogens with one attached hydrogen (secondary N) is 3. The van der Waals surface area contributed by atoms with Crippen molar-refractivity contribution in [1.82, 2.24) is 20.9 Å². The van der Waals surface area contributed by atoms with Crippen LogP contribution in [-0.4, -0.2) is 93.1 Å². The van der Waals surface area contributed by atoms with Gasteiger partial charge in [-0.25, -0.2) is 4.79 Å². The molecule has 0 spiro atoms.